The summed E-state index contributed by atoms with van der Waals surface area (Å²) in [6.07, 6.45) is 0. The van der Waals surface area contributed by atoms with Crippen LogP contribution in [-0.2, 0) is 14.3 Å². The van der Waals surface area contributed by atoms with Crippen LogP contribution in [0.1, 0.15) is 17.3 Å². The minimum Gasteiger partial charge on any atom is -0.496 e. The van der Waals surface area contributed by atoms with Gasteiger partial charge < -0.3 is 20.1 Å². The first-order valence-electron chi connectivity index (χ1n) is 7.47. The van der Waals surface area contributed by atoms with Crippen LogP contribution in [0.5, 0.6) is 5.75 Å². The van der Waals surface area contributed by atoms with Gasteiger partial charge in [-0.05, 0) is 36.4 Å². The number of rotatable bonds is 6. The van der Waals surface area contributed by atoms with Gasteiger partial charge in [0, 0.05) is 18.3 Å². The van der Waals surface area contributed by atoms with Gasteiger partial charge >= 0.3 is 5.97 Å². The molecule has 0 radical (unpaired) electrons. The van der Waals surface area contributed by atoms with Crippen LogP contribution in [-0.4, -0.2) is 31.5 Å². The van der Waals surface area contributed by atoms with E-state index in [1.807, 2.05) is 0 Å². The number of hydrogen-bond acceptors (Lipinski definition) is 5. The van der Waals surface area contributed by atoms with Gasteiger partial charge in [-0.2, -0.15) is 0 Å². The van der Waals surface area contributed by atoms with Crippen molar-refractivity contribution in [1.29, 1.82) is 0 Å². The molecular formula is C18H18N2O5. The molecule has 7 nitrogen and oxygen atoms in total. The van der Waals surface area contributed by atoms with E-state index in [9.17, 15) is 14.4 Å². The van der Waals surface area contributed by atoms with Gasteiger partial charge in [0.1, 0.15) is 11.3 Å². The lowest BCUT2D eigenvalue weighted by Crippen LogP contribution is -2.21. The van der Waals surface area contributed by atoms with E-state index in [0.717, 1.165) is 0 Å². The quantitative estimate of drug-likeness (QED) is 0.787. The zero-order valence-corrected chi connectivity index (χ0v) is 13.9. The second kappa shape index (κ2) is 8.49. The molecule has 0 fully saturated rings. The molecule has 130 valence electrons. The zero-order chi connectivity index (χ0) is 18.2. The van der Waals surface area contributed by atoms with Crippen molar-refractivity contribution < 1.29 is 23.9 Å². The van der Waals surface area contributed by atoms with E-state index in [1.165, 1.54) is 14.0 Å². The molecule has 25 heavy (non-hydrogen) atoms. The van der Waals surface area contributed by atoms with Crippen molar-refractivity contribution >= 4 is 29.2 Å². The van der Waals surface area contributed by atoms with Gasteiger partial charge in [0.15, 0.2) is 6.61 Å². The third-order valence-electron chi connectivity index (χ3n) is 3.15. The number of carbonyl (C=O) groups excluding carboxylic acids is 3. The number of benzene rings is 2. The fourth-order valence-electron chi connectivity index (χ4n) is 2.06. The summed E-state index contributed by atoms with van der Waals surface area (Å²) >= 11 is 0. The van der Waals surface area contributed by atoms with Crippen molar-refractivity contribution in [3.05, 3.63) is 54.1 Å². The third kappa shape index (κ3) is 5.35. The Kier molecular flexibility index (Phi) is 6.11. The number of methoxy groups -OCH3 is 1. The molecular weight excluding hydrogens is 324 g/mol. The summed E-state index contributed by atoms with van der Waals surface area (Å²) in [5.74, 6) is -0.925. The number of anilines is 2. The average Bonchev–Trinajstić information content (AvgIpc) is 2.61. The van der Waals surface area contributed by atoms with Gasteiger partial charge in [-0.15, -0.1) is 0 Å². The van der Waals surface area contributed by atoms with Crippen LogP contribution < -0.4 is 15.4 Å². The highest BCUT2D eigenvalue weighted by Crippen LogP contribution is 2.18. The number of nitrogens with one attached hydrogen (secondary N) is 2. The van der Waals surface area contributed by atoms with Gasteiger partial charge in [0.25, 0.3) is 5.91 Å². The van der Waals surface area contributed by atoms with Crippen LogP contribution in [0.4, 0.5) is 11.4 Å². The van der Waals surface area contributed by atoms with E-state index in [0.29, 0.717) is 17.1 Å². The molecule has 0 aliphatic heterocycles. The molecule has 0 aliphatic rings. The Bertz CT molecular complexity index is 771. The van der Waals surface area contributed by atoms with Gasteiger partial charge in [-0.3, -0.25) is 9.59 Å². The molecule has 7 heteroatoms. The van der Waals surface area contributed by atoms with Crippen LogP contribution >= 0.6 is 0 Å². The van der Waals surface area contributed by atoms with Crippen LogP contribution in [0.25, 0.3) is 0 Å². The highest BCUT2D eigenvalue weighted by Gasteiger charge is 2.14. The van der Waals surface area contributed by atoms with Crippen LogP contribution in [0, 0.1) is 0 Å². The highest BCUT2D eigenvalue weighted by molar-refractivity contribution is 5.97. The monoisotopic (exact) mass is 342 g/mol. The van der Waals surface area contributed by atoms with E-state index >= 15 is 0 Å². The lowest BCUT2D eigenvalue weighted by Gasteiger charge is -2.09. The van der Waals surface area contributed by atoms with Crippen molar-refractivity contribution in [2.75, 3.05) is 24.4 Å². The lowest BCUT2D eigenvalue weighted by atomic mass is 10.2. The average molecular weight is 342 g/mol. The third-order valence-corrected chi connectivity index (χ3v) is 3.15. The molecule has 2 N–H and O–H groups in total. The fourth-order valence-corrected chi connectivity index (χ4v) is 2.06. The van der Waals surface area contributed by atoms with E-state index in [2.05, 4.69) is 10.6 Å². The number of para-hydroxylation sites is 1. The summed E-state index contributed by atoms with van der Waals surface area (Å²) in [5, 5.41) is 5.22. The van der Waals surface area contributed by atoms with Crippen molar-refractivity contribution in [2.45, 2.75) is 6.92 Å². The Balaban J connectivity index is 1.88. The molecule has 0 saturated carbocycles. The number of esters is 1. The Hall–Kier alpha value is -3.35. The number of ether oxygens (including phenoxy) is 2. The first-order chi connectivity index (χ1) is 12.0. The second-order valence-corrected chi connectivity index (χ2v) is 5.08. The summed E-state index contributed by atoms with van der Waals surface area (Å²) in [7, 11) is 1.45. The lowest BCUT2D eigenvalue weighted by molar-refractivity contribution is -0.119. The van der Waals surface area contributed by atoms with Crippen LogP contribution in [0.15, 0.2) is 48.5 Å². The van der Waals surface area contributed by atoms with E-state index in [1.54, 1.807) is 48.5 Å². The Morgan fingerprint density at radius 3 is 2.12 bits per heavy atom. The predicted molar refractivity (Wildman–Crippen MR) is 92.7 cm³/mol. The van der Waals surface area contributed by atoms with Crippen molar-refractivity contribution in [1.82, 2.24) is 0 Å². The first kappa shape index (κ1) is 18.0. The SMILES string of the molecule is COc1ccccc1C(=O)OCC(=O)Nc1ccc(NC(C)=O)cc1. The molecule has 2 aromatic rings. The van der Waals surface area contributed by atoms with Crippen molar-refractivity contribution in [3.8, 4) is 5.75 Å². The smallest absolute Gasteiger partial charge is 0.342 e. The van der Waals surface area contributed by atoms with Gasteiger partial charge in [0.05, 0.1) is 7.11 Å². The summed E-state index contributed by atoms with van der Waals surface area (Å²) < 4.78 is 10.1. The number of carbonyl (C=O) groups is 3. The van der Waals surface area contributed by atoms with Crippen LogP contribution in [0.3, 0.4) is 0 Å². The van der Waals surface area contributed by atoms with Gasteiger partial charge in [-0.1, -0.05) is 12.1 Å². The van der Waals surface area contributed by atoms with Gasteiger partial charge in [0.2, 0.25) is 5.91 Å². The molecule has 0 heterocycles. The van der Waals surface area contributed by atoms with E-state index < -0.39 is 18.5 Å². The number of amides is 2. The summed E-state index contributed by atoms with van der Waals surface area (Å²) in [4.78, 5) is 34.8. The molecule has 0 saturated heterocycles. The molecule has 2 aromatic carbocycles. The van der Waals surface area contributed by atoms with Crippen LogP contribution in [0.2, 0.25) is 0 Å². The Morgan fingerprint density at radius 2 is 1.52 bits per heavy atom. The summed E-state index contributed by atoms with van der Waals surface area (Å²) in [6, 6.07) is 13.2. The highest BCUT2D eigenvalue weighted by atomic mass is 16.5. The molecule has 0 spiro atoms. The van der Waals surface area contributed by atoms with E-state index in [4.69, 9.17) is 9.47 Å². The van der Waals surface area contributed by atoms with Crippen molar-refractivity contribution in [2.24, 2.45) is 0 Å². The van der Waals surface area contributed by atoms with Crippen molar-refractivity contribution in [3.63, 3.8) is 0 Å². The maximum Gasteiger partial charge on any atom is 0.342 e. The molecule has 0 aliphatic carbocycles. The molecule has 2 rings (SSSR count). The minimum atomic E-state index is -0.645. The second-order valence-electron chi connectivity index (χ2n) is 5.08. The predicted octanol–water partition coefficient (Wildman–Crippen LogP) is 2.45. The molecule has 2 amide bonds. The summed E-state index contributed by atoms with van der Waals surface area (Å²) in [5.41, 5.74) is 1.39. The minimum absolute atomic E-state index is 0.181. The molecule has 0 aromatic heterocycles. The normalized spacial score (nSPS) is 9.84. The molecule has 0 unspecified atom stereocenters. The zero-order valence-electron chi connectivity index (χ0n) is 13.9. The summed E-state index contributed by atoms with van der Waals surface area (Å²) in [6.45, 7) is 0.982. The molecule has 0 bridgehead atoms. The fraction of sp³-hybridized carbons (Fsp3) is 0.167. The largest absolute Gasteiger partial charge is 0.496 e. The Labute approximate surface area is 144 Å². The number of hydrogen-bond donors (Lipinski definition) is 2. The van der Waals surface area contributed by atoms with Gasteiger partial charge in [-0.25, -0.2) is 4.79 Å². The standard InChI is InChI=1S/C18H18N2O5/c1-12(21)19-13-7-9-14(10-8-13)20-17(22)11-25-18(23)15-5-3-4-6-16(15)24-2/h3-10H,11H2,1-2H3,(H,19,21)(H,20,22). The Morgan fingerprint density at radius 1 is 0.920 bits per heavy atom. The first-order valence-corrected chi connectivity index (χ1v) is 7.47. The maximum absolute atomic E-state index is 12.0. The molecule has 0 atom stereocenters. The van der Waals surface area contributed by atoms with E-state index in [-0.39, 0.29) is 11.5 Å². The topological polar surface area (TPSA) is 93.7 Å². The maximum atomic E-state index is 12.0.